The number of nitrogens with zero attached hydrogens (tertiary/aromatic N) is 2. The smallest absolute Gasteiger partial charge is 0.194 e. The predicted octanol–water partition coefficient (Wildman–Crippen LogP) is 2.31. The Labute approximate surface area is 139 Å². The minimum absolute atomic E-state index is 0.592. The van der Waals surface area contributed by atoms with Gasteiger partial charge in [-0.3, -0.25) is 0 Å². The molecule has 1 atom stereocenters. The molecule has 2 rings (SSSR count). The molecule has 128 valence electrons. The van der Waals surface area contributed by atoms with Crippen molar-refractivity contribution >= 4 is 5.96 Å². The maximum Gasteiger partial charge on any atom is 0.194 e. The molecule has 0 amide bonds. The summed E-state index contributed by atoms with van der Waals surface area (Å²) in [6.45, 7) is 9.16. The number of hydrogen-bond donors (Lipinski definition) is 1. The van der Waals surface area contributed by atoms with Gasteiger partial charge in [-0.1, -0.05) is 18.2 Å². The summed E-state index contributed by atoms with van der Waals surface area (Å²) >= 11 is 0. The topological polar surface area (TPSA) is 46.1 Å². The van der Waals surface area contributed by atoms with Gasteiger partial charge >= 0.3 is 0 Å². The molecule has 0 saturated carbocycles. The van der Waals surface area contributed by atoms with Crippen molar-refractivity contribution in [1.82, 2.24) is 10.2 Å². The van der Waals surface area contributed by atoms with Crippen molar-refractivity contribution < 1.29 is 9.47 Å². The lowest BCUT2D eigenvalue weighted by molar-refractivity contribution is 0.157. The number of aryl methyl sites for hydroxylation is 1. The molecule has 1 heterocycles. The molecule has 1 saturated heterocycles. The maximum absolute atomic E-state index is 5.81. The van der Waals surface area contributed by atoms with Crippen molar-refractivity contribution in [2.24, 2.45) is 10.9 Å². The van der Waals surface area contributed by atoms with Gasteiger partial charge in [-0.05, 0) is 31.9 Å². The third kappa shape index (κ3) is 5.43. The average molecular weight is 319 g/mol. The zero-order valence-electron chi connectivity index (χ0n) is 14.5. The number of likely N-dealkylation sites (tertiary alicyclic amines) is 1. The van der Waals surface area contributed by atoms with Crippen molar-refractivity contribution in [2.75, 3.05) is 46.5 Å². The highest BCUT2D eigenvalue weighted by Gasteiger charge is 2.24. The molecule has 0 aliphatic carbocycles. The summed E-state index contributed by atoms with van der Waals surface area (Å²) in [5.74, 6) is 2.53. The number of para-hydroxylation sites is 1. The molecular weight excluding hydrogens is 290 g/mol. The van der Waals surface area contributed by atoms with Gasteiger partial charge in [0.15, 0.2) is 5.96 Å². The van der Waals surface area contributed by atoms with Crippen LogP contribution in [0.5, 0.6) is 5.75 Å². The first-order chi connectivity index (χ1) is 11.2. The Morgan fingerprint density at radius 1 is 1.39 bits per heavy atom. The average Bonchev–Trinajstić information content (AvgIpc) is 3.01. The standard InChI is InChI=1S/C18H29N3O2/c1-4-19-18(21-11-9-16(13-21)14-22-3)20-10-12-23-17-8-6-5-7-15(17)2/h5-8,16H,4,9-14H2,1-3H3,(H,19,20). The second kappa shape index (κ2) is 9.40. The summed E-state index contributed by atoms with van der Waals surface area (Å²) in [5, 5.41) is 3.38. The normalized spacial score (nSPS) is 18.3. The number of benzene rings is 1. The van der Waals surface area contributed by atoms with Crippen LogP contribution >= 0.6 is 0 Å². The van der Waals surface area contributed by atoms with Gasteiger partial charge in [0.25, 0.3) is 0 Å². The quantitative estimate of drug-likeness (QED) is 0.476. The molecule has 1 fully saturated rings. The van der Waals surface area contributed by atoms with Gasteiger partial charge in [0.2, 0.25) is 0 Å². The first-order valence-electron chi connectivity index (χ1n) is 8.45. The number of rotatable bonds is 7. The van der Waals surface area contributed by atoms with Crippen molar-refractivity contribution in [3.63, 3.8) is 0 Å². The highest BCUT2D eigenvalue weighted by Crippen LogP contribution is 2.17. The number of nitrogens with one attached hydrogen (secondary N) is 1. The molecule has 1 aromatic rings. The molecule has 5 heteroatoms. The van der Waals surface area contributed by atoms with Crippen LogP contribution in [0.15, 0.2) is 29.3 Å². The number of hydrogen-bond acceptors (Lipinski definition) is 3. The lowest BCUT2D eigenvalue weighted by atomic mass is 10.1. The highest BCUT2D eigenvalue weighted by molar-refractivity contribution is 5.80. The van der Waals surface area contributed by atoms with E-state index in [0.29, 0.717) is 19.1 Å². The molecule has 0 radical (unpaired) electrons. The summed E-state index contributed by atoms with van der Waals surface area (Å²) < 4.78 is 11.1. The van der Waals surface area contributed by atoms with Gasteiger partial charge in [0.1, 0.15) is 12.4 Å². The van der Waals surface area contributed by atoms with E-state index in [1.165, 1.54) is 0 Å². The second-order valence-corrected chi connectivity index (χ2v) is 5.91. The molecule has 1 aromatic carbocycles. The van der Waals surface area contributed by atoms with Gasteiger partial charge in [-0.2, -0.15) is 0 Å². The lowest BCUT2D eigenvalue weighted by Gasteiger charge is -2.21. The van der Waals surface area contributed by atoms with E-state index in [1.807, 2.05) is 18.2 Å². The Balaban J connectivity index is 1.83. The van der Waals surface area contributed by atoms with Crippen molar-refractivity contribution in [3.8, 4) is 5.75 Å². The minimum atomic E-state index is 0.592. The number of methoxy groups -OCH3 is 1. The minimum Gasteiger partial charge on any atom is -0.491 e. The van der Waals surface area contributed by atoms with E-state index in [9.17, 15) is 0 Å². The lowest BCUT2D eigenvalue weighted by Crippen LogP contribution is -2.40. The van der Waals surface area contributed by atoms with Gasteiger partial charge in [0.05, 0.1) is 13.2 Å². The zero-order valence-corrected chi connectivity index (χ0v) is 14.5. The summed E-state index contributed by atoms with van der Waals surface area (Å²) in [6.07, 6.45) is 1.16. The maximum atomic E-state index is 5.81. The molecule has 5 nitrogen and oxygen atoms in total. The molecule has 0 bridgehead atoms. The fourth-order valence-corrected chi connectivity index (χ4v) is 2.85. The predicted molar refractivity (Wildman–Crippen MR) is 94.2 cm³/mol. The van der Waals surface area contributed by atoms with E-state index in [-0.39, 0.29) is 0 Å². The SMILES string of the molecule is CCNC(=NCCOc1ccccc1C)N1CCC(COC)C1. The molecule has 0 spiro atoms. The van der Waals surface area contributed by atoms with Gasteiger partial charge < -0.3 is 19.7 Å². The Morgan fingerprint density at radius 3 is 2.96 bits per heavy atom. The molecule has 1 aliphatic heterocycles. The van der Waals surface area contributed by atoms with E-state index in [4.69, 9.17) is 14.5 Å². The number of guanidine groups is 1. The molecule has 1 N–H and O–H groups in total. The summed E-state index contributed by atoms with van der Waals surface area (Å²) in [6, 6.07) is 8.08. The van der Waals surface area contributed by atoms with Gasteiger partial charge in [-0.15, -0.1) is 0 Å². The fourth-order valence-electron chi connectivity index (χ4n) is 2.85. The Hall–Kier alpha value is -1.75. The zero-order chi connectivity index (χ0) is 16.5. The molecular formula is C18H29N3O2. The van der Waals surface area contributed by atoms with Crippen molar-refractivity contribution in [3.05, 3.63) is 29.8 Å². The van der Waals surface area contributed by atoms with E-state index < -0.39 is 0 Å². The van der Waals surface area contributed by atoms with Gasteiger partial charge in [-0.25, -0.2) is 4.99 Å². The van der Waals surface area contributed by atoms with Crippen LogP contribution in [0.1, 0.15) is 18.9 Å². The van der Waals surface area contributed by atoms with Crippen molar-refractivity contribution in [2.45, 2.75) is 20.3 Å². The highest BCUT2D eigenvalue weighted by atomic mass is 16.5. The molecule has 23 heavy (non-hydrogen) atoms. The van der Waals surface area contributed by atoms with Crippen LogP contribution in [0.2, 0.25) is 0 Å². The molecule has 1 unspecified atom stereocenters. The Morgan fingerprint density at radius 2 is 2.22 bits per heavy atom. The Kier molecular flexibility index (Phi) is 7.20. The third-order valence-corrected chi connectivity index (χ3v) is 4.03. The fraction of sp³-hybridized carbons (Fsp3) is 0.611. The summed E-state index contributed by atoms with van der Waals surface area (Å²) in [7, 11) is 1.77. The summed E-state index contributed by atoms with van der Waals surface area (Å²) in [4.78, 5) is 7.02. The van der Waals surface area contributed by atoms with E-state index in [2.05, 4.69) is 30.1 Å². The summed E-state index contributed by atoms with van der Waals surface area (Å²) in [5.41, 5.74) is 1.16. The third-order valence-electron chi connectivity index (χ3n) is 4.03. The van der Waals surface area contributed by atoms with Crippen LogP contribution in [-0.2, 0) is 4.74 Å². The van der Waals surface area contributed by atoms with Crippen LogP contribution in [0.25, 0.3) is 0 Å². The van der Waals surface area contributed by atoms with E-state index in [0.717, 1.165) is 49.9 Å². The van der Waals surface area contributed by atoms with Crippen LogP contribution in [-0.4, -0.2) is 57.4 Å². The monoisotopic (exact) mass is 319 g/mol. The Bertz CT molecular complexity index is 505. The first-order valence-corrected chi connectivity index (χ1v) is 8.45. The number of ether oxygens (including phenoxy) is 2. The first kappa shape index (κ1) is 17.6. The van der Waals surface area contributed by atoms with Gasteiger partial charge in [0, 0.05) is 32.7 Å². The second-order valence-electron chi connectivity index (χ2n) is 5.91. The van der Waals surface area contributed by atoms with Crippen LogP contribution in [0.3, 0.4) is 0 Å². The number of aliphatic imine (C=N–C) groups is 1. The van der Waals surface area contributed by atoms with Crippen LogP contribution in [0, 0.1) is 12.8 Å². The largest absolute Gasteiger partial charge is 0.491 e. The van der Waals surface area contributed by atoms with Crippen molar-refractivity contribution in [1.29, 1.82) is 0 Å². The molecule has 1 aliphatic rings. The van der Waals surface area contributed by atoms with E-state index >= 15 is 0 Å². The van der Waals surface area contributed by atoms with Crippen LogP contribution < -0.4 is 10.1 Å². The van der Waals surface area contributed by atoms with E-state index in [1.54, 1.807) is 7.11 Å². The molecule has 0 aromatic heterocycles. The van der Waals surface area contributed by atoms with Crippen LogP contribution in [0.4, 0.5) is 0 Å².